The first-order valence-corrected chi connectivity index (χ1v) is 7.84. The highest BCUT2D eigenvalue weighted by molar-refractivity contribution is 5.74. The van der Waals surface area contributed by atoms with E-state index in [4.69, 9.17) is 4.42 Å². The molecule has 0 spiro atoms. The first-order chi connectivity index (χ1) is 10.0. The number of fused-ring (bicyclic) bond motifs is 1. The number of hydrogen-bond acceptors (Lipinski definition) is 3. The molecule has 1 aliphatic rings. The van der Waals surface area contributed by atoms with Crippen LogP contribution in [0.2, 0.25) is 0 Å². The van der Waals surface area contributed by atoms with Gasteiger partial charge in [0.05, 0.1) is 0 Å². The lowest BCUT2D eigenvalue weighted by atomic mass is 10.00. The second-order valence-electron chi connectivity index (χ2n) is 6.62. The van der Waals surface area contributed by atoms with Gasteiger partial charge in [0.2, 0.25) is 0 Å². The van der Waals surface area contributed by atoms with Gasteiger partial charge in [-0.2, -0.15) is 0 Å². The van der Waals surface area contributed by atoms with Crippen molar-refractivity contribution >= 4 is 11.1 Å². The largest absolute Gasteiger partial charge is 0.437 e. The molecule has 2 aromatic rings. The Morgan fingerprint density at radius 3 is 2.95 bits per heavy atom. The number of halogens is 1. The summed E-state index contributed by atoms with van der Waals surface area (Å²) in [5, 5.41) is 0. The van der Waals surface area contributed by atoms with E-state index in [0.29, 0.717) is 11.4 Å². The van der Waals surface area contributed by atoms with Crippen LogP contribution in [0.5, 0.6) is 0 Å². The maximum Gasteiger partial charge on any atom is 0.198 e. The molecule has 1 aromatic carbocycles. The standard InChI is InChI=1S/C17H23FN2O/c1-11(2)17-19-15-8-13(7-14(18)16(15)21-17)10-20-6-4-5-12(3)9-20/h7-8,11-12H,4-6,9-10H2,1-3H3/t12-/m0/s1. The topological polar surface area (TPSA) is 29.3 Å². The van der Waals surface area contributed by atoms with Gasteiger partial charge in [-0.15, -0.1) is 0 Å². The lowest BCUT2D eigenvalue weighted by Gasteiger charge is -2.30. The molecule has 0 saturated carbocycles. The van der Waals surface area contributed by atoms with Crippen molar-refractivity contribution in [1.82, 2.24) is 9.88 Å². The molecule has 1 aliphatic heterocycles. The summed E-state index contributed by atoms with van der Waals surface area (Å²) in [5.41, 5.74) is 1.91. The van der Waals surface area contributed by atoms with Gasteiger partial charge in [0.15, 0.2) is 17.3 Å². The first kappa shape index (κ1) is 14.5. The zero-order chi connectivity index (χ0) is 15.0. The third-order valence-electron chi connectivity index (χ3n) is 4.16. The predicted molar refractivity (Wildman–Crippen MR) is 81.7 cm³/mol. The number of hydrogen-bond donors (Lipinski definition) is 0. The van der Waals surface area contributed by atoms with Crippen molar-refractivity contribution in [2.45, 2.75) is 46.1 Å². The number of aromatic nitrogens is 1. The molecule has 0 bridgehead atoms. The average Bonchev–Trinajstić information content (AvgIpc) is 2.83. The van der Waals surface area contributed by atoms with Crippen molar-refractivity contribution < 1.29 is 8.81 Å². The zero-order valence-corrected chi connectivity index (χ0v) is 13.0. The molecular weight excluding hydrogens is 267 g/mol. The Morgan fingerprint density at radius 1 is 1.43 bits per heavy atom. The van der Waals surface area contributed by atoms with Crippen molar-refractivity contribution in [1.29, 1.82) is 0 Å². The molecule has 4 heteroatoms. The second-order valence-corrected chi connectivity index (χ2v) is 6.62. The Balaban J connectivity index is 1.85. The normalized spacial score (nSPS) is 20.5. The fourth-order valence-electron chi connectivity index (χ4n) is 3.09. The maximum absolute atomic E-state index is 14.2. The van der Waals surface area contributed by atoms with Crippen LogP contribution in [-0.2, 0) is 6.54 Å². The number of piperidine rings is 1. The molecule has 3 rings (SSSR count). The maximum atomic E-state index is 14.2. The molecule has 1 saturated heterocycles. The number of oxazole rings is 1. The minimum atomic E-state index is -0.299. The Labute approximate surface area is 125 Å². The summed E-state index contributed by atoms with van der Waals surface area (Å²) in [7, 11) is 0. The van der Waals surface area contributed by atoms with Crippen LogP contribution in [0.4, 0.5) is 4.39 Å². The van der Waals surface area contributed by atoms with Gasteiger partial charge in [-0.3, -0.25) is 4.90 Å². The van der Waals surface area contributed by atoms with Gasteiger partial charge in [0, 0.05) is 19.0 Å². The summed E-state index contributed by atoms with van der Waals surface area (Å²) in [6, 6.07) is 3.56. The molecule has 2 heterocycles. The van der Waals surface area contributed by atoms with Gasteiger partial charge in [-0.1, -0.05) is 20.8 Å². The summed E-state index contributed by atoms with van der Waals surface area (Å²) in [6.07, 6.45) is 2.53. The van der Waals surface area contributed by atoms with E-state index in [2.05, 4.69) is 16.8 Å². The summed E-state index contributed by atoms with van der Waals surface area (Å²) < 4.78 is 19.7. The third-order valence-corrected chi connectivity index (χ3v) is 4.16. The van der Waals surface area contributed by atoms with Crippen LogP contribution in [0.15, 0.2) is 16.5 Å². The van der Waals surface area contributed by atoms with E-state index in [1.807, 2.05) is 19.9 Å². The monoisotopic (exact) mass is 290 g/mol. The minimum Gasteiger partial charge on any atom is -0.437 e. The van der Waals surface area contributed by atoms with Crippen molar-refractivity contribution in [3.8, 4) is 0 Å². The van der Waals surface area contributed by atoms with Crippen LogP contribution >= 0.6 is 0 Å². The van der Waals surface area contributed by atoms with E-state index >= 15 is 0 Å². The van der Waals surface area contributed by atoms with Gasteiger partial charge in [-0.25, -0.2) is 9.37 Å². The van der Waals surface area contributed by atoms with Crippen LogP contribution in [0.3, 0.4) is 0 Å². The second kappa shape index (κ2) is 5.76. The molecule has 0 amide bonds. The summed E-state index contributed by atoms with van der Waals surface area (Å²) in [6.45, 7) is 9.26. The van der Waals surface area contributed by atoms with E-state index in [9.17, 15) is 4.39 Å². The molecule has 0 aliphatic carbocycles. The minimum absolute atomic E-state index is 0.170. The first-order valence-electron chi connectivity index (χ1n) is 7.84. The van der Waals surface area contributed by atoms with Crippen LogP contribution in [0, 0.1) is 11.7 Å². The Hall–Kier alpha value is -1.42. The SMILES string of the molecule is CC(C)c1nc2cc(CN3CCC[C@H](C)C3)cc(F)c2o1. The summed E-state index contributed by atoms with van der Waals surface area (Å²) in [4.78, 5) is 6.82. The van der Waals surface area contributed by atoms with Gasteiger partial charge < -0.3 is 4.42 Å². The number of likely N-dealkylation sites (tertiary alicyclic amines) is 1. The summed E-state index contributed by atoms with van der Waals surface area (Å²) in [5.74, 6) is 1.20. The van der Waals surface area contributed by atoms with Crippen molar-refractivity contribution in [2.24, 2.45) is 5.92 Å². The molecule has 1 aromatic heterocycles. The van der Waals surface area contributed by atoms with E-state index in [-0.39, 0.29) is 17.3 Å². The van der Waals surface area contributed by atoms with E-state index in [1.165, 1.54) is 12.8 Å². The number of benzene rings is 1. The predicted octanol–water partition coefficient (Wildman–Crippen LogP) is 4.32. The van der Waals surface area contributed by atoms with Crippen molar-refractivity contribution in [3.63, 3.8) is 0 Å². The van der Waals surface area contributed by atoms with Crippen LogP contribution in [0.1, 0.15) is 51.0 Å². The highest BCUT2D eigenvalue weighted by Crippen LogP contribution is 2.26. The fourth-order valence-corrected chi connectivity index (χ4v) is 3.09. The van der Waals surface area contributed by atoms with Crippen LogP contribution in [0.25, 0.3) is 11.1 Å². The molecule has 0 unspecified atom stereocenters. The smallest absolute Gasteiger partial charge is 0.198 e. The quantitative estimate of drug-likeness (QED) is 0.843. The van der Waals surface area contributed by atoms with Gasteiger partial charge in [-0.05, 0) is 43.0 Å². The highest BCUT2D eigenvalue weighted by atomic mass is 19.1. The van der Waals surface area contributed by atoms with Crippen molar-refractivity contribution in [3.05, 3.63) is 29.4 Å². The lowest BCUT2D eigenvalue weighted by Crippen LogP contribution is -2.33. The lowest BCUT2D eigenvalue weighted by molar-refractivity contribution is 0.176. The highest BCUT2D eigenvalue weighted by Gasteiger charge is 2.18. The summed E-state index contributed by atoms with van der Waals surface area (Å²) >= 11 is 0. The molecular formula is C17H23FN2O. The Bertz CT molecular complexity index is 635. The number of rotatable bonds is 3. The van der Waals surface area contributed by atoms with E-state index < -0.39 is 0 Å². The van der Waals surface area contributed by atoms with Crippen molar-refractivity contribution in [2.75, 3.05) is 13.1 Å². The molecule has 1 fully saturated rings. The molecule has 0 N–H and O–H groups in total. The molecule has 0 radical (unpaired) electrons. The van der Waals surface area contributed by atoms with Gasteiger partial charge in [0.1, 0.15) is 5.52 Å². The van der Waals surface area contributed by atoms with Gasteiger partial charge >= 0.3 is 0 Å². The van der Waals surface area contributed by atoms with E-state index in [1.54, 1.807) is 6.07 Å². The van der Waals surface area contributed by atoms with Crippen LogP contribution in [-0.4, -0.2) is 23.0 Å². The third kappa shape index (κ3) is 3.10. The molecule has 114 valence electrons. The van der Waals surface area contributed by atoms with Crippen LogP contribution < -0.4 is 0 Å². The van der Waals surface area contributed by atoms with Gasteiger partial charge in [0.25, 0.3) is 0 Å². The Morgan fingerprint density at radius 2 is 2.24 bits per heavy atom. The Kier molecular flexibility index (Phi) is 3.98. The molecule has 21 heavy (non-hydrogen) atoms. The zero-order valence-electron chi connectivity index (χ0n) is 13.0. The fraction of sp³-hybridized carbons (Fsp3) is 0.588. The number of nitrogens with zero attached hydrogens (tertiary/aromatic N) is 2. The van der Waals surface area contributed by atoms with E-state index in [0.717, 1.165) is 31.1 Å². The molecule has 3 nitrogen and oxygen atoms in total. The molecule has 1 atom stereocenters. The average molecular weight is 290 g/mol.